The number of hydrogen-bond acceptors (Lipinski definition) is 3. The van der Waals surface area contributed by atoms with Crippen LogP contribution >= 0.6 is 0 Å². The summed E-state index contributed by atoms with van der Waals surface area (Å²) in [4.78, 5) is 12.6. The van der Waals surface area contributed by atoms with Crippen LogP contribution in [-0.2, 0) is 7.05 Å². The third-order valence-electron chi connectivity index (χ3n) is 4.51. The van der Waals surface area contributed by atoms with E-state index in [0.29, 0.717) is 11.3 Å². The molecule has 1 aromatic heterocycles. The summed E-state index contributed by atoms with van der Waals surface area (Å²) in [5.74, 6) is -0.166. The van der Waals surface area contributed by atoms with E-state index in [9.17, 15) is 10.1 Å². The average Bonchev–Trinajstić information content (AvgIpc) is 2.67. The Kier molecular flexibility index (Phi) is 4.66. The molecule has 1 aliphatic rings. The number of nitriles is 1. The number of nitrogens with zero attached hydrogens (tertiary/aromatic N) is 3. The van der Waals surface area contributed by atoms with Gasteiger partial charge in [-0.25, -0.2) is 0 Å². The fourth-order valence-electron chi connectivity index (χ4n) is 3.16. The Bertz CT molecular complexity index is 560. The zero-order valence-electron chi connectivity index (χ0n) is 13.2. The fourth-order valence-corrected chi connectivity index (χ4v) is 3.16. The van der Waals surface area contributed by atoms with Crippen LogP contribution in [-0.4, -0.2) is 21.2 Å². The second-order valence-electron chi connectivity index (χ2n) is 6.09. The number of hydrogen-bond donors (Lipinski definition) is 1. The van der Waals surface area contributed by atoms with Gasteiger partial charge in [0.25, 0.3) is 5.91 Å². The molecule has 0 unspecified atom stereocenters. The molecule has 0 bridgehead atoms. The maximum atomic E-state index is 12.6. The molecule has 1 amide bonds. The predicted molar refractivity (Wildman–Crippen MR) is 80.8 cm³/mol. The number of aryl methyl sites for hydroxylation is 2. The lowest BCUT2D eigenvalue weighted by atomic mass is 9.85. The van der Waals surface area contributed by atoms with Crippen molar-refractivity contribution < 1.29 is 4.79 Å². The van der Waals surface area contributed by atoms with E-state index in [1.54, 1.807) is 4.68 Å². The molecule has 1 heterocycles. The molecule has 0 radical (unpaired) electrons. The number of rotatable bonds is 2. The minimum absolute atomic E-state index is 0.166. The number of carbonyl (C=O) groups is 1. The third kappa shape index (κ3) is 3.26. The van der Waals surface area contributed by atoms with Crippen LogP contribution in [0.3, 0.4) is 0 Å². The van der Waals surface area contributed by atoms with Crippen LogP contribution in [0.1, 0.15) is 66.7 Å². The average molecular weight is 288 g/mol. The van der Waals surface area contributed by atoms with Crippen LogP contribution in [0.25, 0.3) is 0 Å². The van der Waals surface area contributed by atoms with Gasteiger partial charge in [0.2, 0.25) is 0 Å². The Balaban J connectivity index is 2.21. The van der Waals surface area contributed by atoms with Crippen molar-refractivity contribution in [1.82, 2.24) is 15.1 Å². The van der Waals surface area contributed by atoms with Crippen molar-refractivity contribution in [3.05, 3.63) is 17.0 Å². The molecule has 5 nitrogen and oxygen atoms in total. The number of carbonyl (C=O) groups excluding carboxylic acids is 1. The maximum absolute atomic E-state index is 12.6. The van der Waals surface area contributed by atoms with Crippen LogP contribution in [0.4, 0.5) is 0 Å². The van der Waals surface area contributed by atoms with Crippen molar-refractivity contribution in [3.8, 4) is 6.07 Å². The maximum Gasteiger partial charge on any atom is 0.256 e. The molecular weight excluding hydrogens is 264 g/mol. The summed E-state index contributed by atoms with van der Waals surface area (Å²) in [5.41, 5.74) is 1.44. The van der Waals surface area contributed by atoms with E-state index in [-0.39, 0.29) is 5.91 Å². The fraction of sp³-hybridized carbons (Fsp3) is 0.688. The number of nitrogens with one attached hydrogen (secondary N) is 1. The van der Waals surface area contributed by atoms with Gasteiger partial charge in [-0.1, -0.05) is 32.1 Å². The second kappa shape index (κ2) is 6.30. The highest BCUT2D eigenvalue weighted by molar-refractivity contribution is 5.97. The first-order chi connectivity index (χ1) is 9.99. The molecule has 1 N–H and O–H groups in total. The van der Waals surface area contributed by atoms with Gasteiger partial charge in [0.05, 0.1) is 17.3 Å². The van der Waals surface area contributed by atoms with Gasteiger partial charge >= 0.3 is 0 Å². The summed E-state index contributed by atoms with van der Waals surface area (Å²) < 4.78 is 1.71. The smallest absolute Gasteiger partial charge is 0.256 e. The Labute approximate surface area is 126 Å². The molecular formula is C16H24N4O. The third-order valence-corrected chi connectivity index (χ3v) is 4.51. The normalized spacial score (nSPS) is 18.4. The van der Waals surface area contributed by atoms with Gasteiger partial charge in [0.1, 0.15) is 5.54 Å². The largest absolute Gasteiger partial charge is 0.334 e. The zero-order chi connectivity index (χ0) is 15.5. The second-order valence-corrected chi connectivity index (χ2v) is 6.09. The lowest BCUT2D eigenvalue weighted by molar-refractivity contribution is 0.0906. The van der Waals surface area contributed by atoms with Gasteiger partial charge in [-0.3, -0.25) is 9.48 Å². The van der Waals surface area contributed by atoms with E-state index in [2.05, 4.69) is 16.5 Å². The highest BCUT2D eigenvalue weighted by Gasteiger charge is 2.33. The van der Waals surface area contributed by atoms with Gasteiger partial charge in [0, 0.05) is 12.7 Å². The summed E-state index contributed by atoms with van der Waals surface area (Å²) in [5, 5.41) is 16.9. The van der Waals surface area contributed by atoms with E-state index in [4.69, 9.17) is 0 Å². The summed E-state index contributed by atoms with van der Waals surface area (Å²) >= 11 is 0. The van der Waals surface area contributed by atoms with E-state index in [1.165, 1.54) is 6.42 Å². The quantitative estimate of drug-likeness (QED) is 0.909. The van der Waals surface area contributed by atoms with E-state index < -0.39 is 5.54 Å². The first kappa shape index (κ1) is 15.6. The van der Waals surface area contributed by atoms with Crippen molar-refractivity contribution >= 4 is 5.91 Å². The molecule has 114 valence electrons. The topological polar surface area (TPSA) is 70.7 Å². The van der Waals surface area contributed by atoms with E-state index in [0.717, 1.165) is 44.2 Å². The summed E-state index contributed by atoms with van der Waals surface area (Å²) in [6, 6.07) is 2.37. The van der Waals surface area contributed by atoms with Crippen LogP contribution in [0.2, 0.25) is 0 Å². The molecule has 5 heteroatoms. The Morgan fingerprint density at radius 2 is 1.81 bits per heavy atom. The molecule has 1 aliphatic carbocycles. The van der Waals surface area contributed by atoms with E-state index >= 15 is 0 Å². The van der Waals surface area contributed by atoms with Gasteiger partial charge in [-0.15, -0.1) is 0 Å². The monoisotopic (exact) mass is 288 g/mol. The molecule has 1 saturated carbocycles. The molecule has 0 aromatic carbocycles. The Morgan fingerprint density at radius 1 is 1.24 bits per heavy atom. The lowest BCUT2D eigenvalue weighted by Crippen LogP contribution is -2.48. The summed E-state index contributed by atoms with van der Waals surface area (Å²) in [6.45, 7) is 3.71. The number of aromatic nitrogens is 2. The molecule has 0 atom stereocenters. The lowest BCUT2D eigenvalue weighted by Gasteiger charge is -2.29. The first-order valence-electron chi connectivity index (χ1n) is 7.73. The van der Waals surface area contributed by atoms with Crippen LogP contribution < -0.4 is 5.32 Å². The summed E-state index contributed by atoms with van der Waals surface area (Å²) in [7, 11) is 1.83. The van der Waals surface area contributed by atoms with Crippen LogP contribution in [0.15, 0.2) is 0 Å². The molecule has 1 aromatic rings. The van der Waals surface area contributed by atoms with Gasteiger partial charge in [-0.2, -0.15) is 10.4 Å². The van der Waals surface area contributed by atoms with Gasteiger partial charge in [-0.05, 0) is 26.7 Å². The predicted octanol–water partition coefficient (Wildman–Crippen LogP) is 2.77. The van der Waals surface area contributed by atoms with Crippen molar-refractivity contribution in [2.24, 2.45) is 7.05 Å². The van der Waals surface area contributed by atoms with Crippen molar-refractivity contribution in [1.29, 1.82) is 5.26 Å². The first-order valence-corrected chi connectivity index (χ1v) is 7.73. The molecule has 0 aliphatic heterocycles. The van der Waals surface area contributed by atoms with Gasteiger partial charge < -0.3 is 5.32 Å². The molecule has 2 rings (SSSR count). The molecule has 21 heavy (non-hydrogen) atoms. The number of amides is 1. The molecule has 0 spiro atoms. The highest BCUT2D eigenvalue weighted by Crippen LogP contribution is 2.26. The standard InChI is InChI=1S/C16H24N4O/c1-12-14(13(2)20(3)19-12)15(21)18-16(11-17)9-7-5-4-6-8-10-16/h4-10H2,1-3H3,(H,18,21). The van der Waals surface area contributed by atoms with Crippen LogP contribution in [0, 0.1) is 25.2 Å². The summed E-state index contributed by atoms with van der Waals surface area (Å²) in [6.07, 6.45) is 7.00. The molecule has 0 saturated heterocycles. The van der Waals surface area contributed by atoms with Gasteiger partial charge in [0.15, 0.2) is 0 Å². The zero-order valence-corrected chi connectivity index (χ0v) is 13.2. The highest BCUT2D eigenvalue weighted by atomic mass is 16.1. The van der Waals surface area contributed by atoms with Crippen LogP contribution in [0.5, 0.6) is 0 Å². The Morgan fingerprint density at radius 3 is 2.29 bits per heavy atom. The van der Waals surface area contributed by atoms with E-state index in [1.807, 2.05) is 20.9 Å². The minimum atomic E-state index is -0.716. The van der Waals surface area contributed by atoms with Crippen molar-refractivity contribution in [3.63, 3.8) is 0 Å². The SMILES string of the molecule is Cc1nn(C)c(C)c1C(=O)NC1(C#N)CCCCCCC1. The van der Waals surface area contributed by atoms with Crippen molar-refractivity contribution in [2.75, 3.05) is 0 Å². The Hall–Kier alpha value is -1.83. The molecule has 1 fully saturated rings. The van der Waals surface area contributed by atoms with Crippen molar-refractivity contribution in [2.45, 2.75) is 64.3 Å². The minimum Gasteiger partial charge on any atom is -0.334 e.